The van der Waals surface area contributed by atoms with Crippen LogP contribution in [0.1, 0.15) is 36.5 Å². The van der Waals surface area contributed by atoms with Gasteiger partial charge in [0.1, 0.15) is 5.75 Å². The van der Waals surface area contributed by atoms with Crippen LogP contribution in [0.2, 0.25) is 0 Å². The Kier molecular flexibility index (Phi) is 4.99. The minimum Gasteiger partial charge on any atom is -0.497 e. The van der Waals surface area contributed by atoms with E-state index in [1.54, 1.807) is 43.2 Å². The number of likely N-dealkylation sites (tertiary alicyclic amines) is 2. The molecular weight excluding hydrogens is 320 g/mol. The van der Waals surface area contributed by atoms with Crippen LogP contribution in [0.5, 0.6) is 5.75 Å². The molecule has 0 radical (unpaired) electrons. The molecule has 25 heavy (non-hydrogen) atoms. The minimum atomic E-state index is -0.471. The maximum atomic E-state index is 12.7. The third-order valence-electron chi connectivity index (χ3n) is 5.52. The van der Waals surface area contributed by atoms with Gasteiger partial charge in [-0.05, 0) is 48.9 Å². The Labute approximate surface area is 148 Å². The van der Waals surface area contributed by atoms with Gasteiger partial charge in [-0.1, -0.05) is 0 Å². The smallest absolute Gasteiger partial charge is 0.253 e. The van der Waals surface area contributed by atoms with Crippen molar-refractivity contribution < 1.29 is 19.4 Å². The summed E-state index contributed by atoms with van der Waals surface area (Å²) < 4.78 is 5.13. The molecule has 1 atom stereocenters. The molecule has 0 aromatic heterocycles. The zero-order valence-corrected chi connectivity index (χ0v) is 14.9. The van der Waals surface area contributed by atoms with Gasteiger partial charge in [-0.15, -0.1) is 0 Å². The van der Waals surface area contributed by atoms with Gasteiger partial charge in [0.2, 0.25) is 5.91 Å². The lowest BCUT2D eigenvalue weighted by Gasteiger charge is -2.49. The summed E-state index contributed by atoms with van der Waals surface area (Å²) in [7, 11) is 1.60. The summed E-state index contributed by atoms with van der Waals surface area (Å²) in [6, 6.07) is 7.16. The number of piperidine rings is 2. The van der Waals surface area contributed by atoms with Crippen LogP contribution in [0.3, 0.4) is 0 Å². The Balaban J connectivity index is 1.64. The molecule has 1 unspecified atom stereocenters. The van der Waals surface area contributed by atoms with E-state index in [0.29, 0.717) is 38.2 Å². The summed E-state index contributed by atoms with van der Waals surface area (Å²) in [4.78, 5) is 28.0. The second-order valence-corrected chi connectivity index (χ2v) is 7.28. The standard InChI is InChI=1S/C19H26N2O4/c1-14(22)21-12-16(23)11-19(13-21)7-9-20(10-8-19)18(24)15-3-5-17(25-2)6-4-15/h3-6,16,23H,7-13H2,1-2H3. The molecule has 3 rings (SSSR count). The van der Waals surface area contributed by atoms with E-state index in [4.69, 9.17) is 4.74 Å². The summed E-state index contributed by atoms with van der Waals surface area (Å²) in [6.45, 7) is 3.97. The van der Waals surface area contributed by atoms with Crippen molar-refractivity contribution in [2.45, 2.75) is 32.3 Å². The number of nitrogens with zero attached hydrogens (tertiary/aromatic N) is 2. The Morgan fingerprint density at radius 1 is 1.16 bits per heavy atom. The van der Waals surface area contributed by atoms with Crippen LogP contribution in [-0.4, -0.2) is 66.1 Å². The van der Waals surface area contributed by atoms with Crippen LogP contribution in [0.4, 0.5) is 0 Å². The summed E-state index contributed by atoms with van der Waals surface area (Å²) in [5.74, 6) is 0.766. The molecule has 6 nitrogen and oxygen atoms in total. The van der Waals surface area contributed by atoms with Crippen LogP contribution >= 0.6 is 0 Å². The SMILES string of the molecule is COc1ccc(C(=O)N2CCC3(CC2)CC(O)CN(C(C)=O)C3)cc1. The lowest BCUT2D eigenvalue weighted by Crippen LogP contribution is -2.55. The average molecular weight is 346 g/mol. The number of rotatable bonds is 2. The third kappa shape index (κ3) is 3.79. The highest BCUT2D eigenvalue weighted by atomic mass is 16.5. The molecule has 2 aliphatic heterocycles. The van der Waals surface area contributed by atoms with Gasteiger partial charge in [-0.25, -0.2) is 0 Å². The number of aliphatic hydroxyl groups is 1. The van der Waals surface area contributed by atoms with Crippen molar-refractivity contribution >= 4 is 11.8 Å². The van der Waals surface area contributed by atoms with E-state index in [9.17, 15) is 14.7 Å². The number of hydrogen-bond acceptors (Lipinski definition) is 4. The Morgan fingerprint density at radius 3 is 2.36 bits per heavy atom. The fourth-order valence-corrected chi connectivity index (χ4v) is 4.06. The van der Waals surface area contributed by atoms with E-state index in [1.165, 1.54) is 0 Å². The van der Waals surface area contributed by atoms with Gasteiger partial charge in [0.15, 0.2) is 0 Å². The van der Waals surface area contributed by atoms with Gasteiger partial charge in [0.25, 0.3) is 5.91 Å². The van der Waals surface area contributed by atoms with Crippen LogP contribution < -0.4 is 4.74 Å². The van der Waals surface area contributed by atoms with Crippen LogP contribution in [0.15, 0.2) is 24.3 Å². The molecule has 6 heteroatoms. The normalized spacial score (nSPS) is 22.8. The number of carbonyl (C=O) groups is 2. The van der Waals surface area contributed by atoms with Crippen LogP contribution in [0, 0.1) is 5.41 Å². The van der Waals surface area contributed by atoms with E-state index in [2.05, 4.69) is 0 Å². The summed E-state index contributed by atoms with van der Waals surface area (Å²) >= 11 is 0. The predicted octanol–water partition coefficient (Wildman–Crippen LogP) is 1.53. The van der Waals surface area contributed by atoms with Crippen molar-refractivity contribution in [2.75, 3.05) is 33.3 Å². The molecule has 2 saturated heterocycles. The number of methoxy groups -OCH3 is 1. The Bertz CT molecular complexity index is 635. The van der Waals surface area contributed by atoms with E-state index in [-0.39, 0.29) is 17.2 Å². The zero-order valence-electron chi connectivity index (χ0n) is 14.9. The summed E-state index contributed by atoms with van der Waals surface area (Å²) in [6.07, 6.45) is 1.87. The molecule has 136 valence electrons. The number of benzene rings is 1. The molecule has 1 aromatic carbocycles. The largest absolute Gasteiger partial charge is 0.497 e. The van der Waals surface area contributed by atoms with Crippen molar-refractivity contribution in [3.63, 3.8) is 0 Å². The highest BCUT2D eigenvalue weighted by molar-refractivity contribution is 5.94. The first-order valence-electron chi connectivity index (χ1n) is 8.79. The third-order valence-corrected chi connectivity index (χ3v) is 5.52. The molecule has 0 bridgehead atoms. The number of β-amino-alcohol motifs (C(OH)–C–C–N with tert-alkyl or cyclic N) is 1. The lowest BCUT2D eigenvalue weighted by atomic mass is 9.71. The van der Waals surface area contributed by atoms with Gasteiger partial charge in [0.05, 0.1) is 13.2 Å². The van der Waals surface area contributed by atoms with E-state index >= 15 is 0 Å². The van der Waals surface area contributed by atoms with E-state index in [0.717, 1.165) is 18.6 Å². The summed E-state index contributed by atoms with van der Waals surface area (Å²) in [5.41, 5.74) is 0.589. The van der Waals surface area contributed by atoms with Crippen molar-refractivity contribution in [3.8, 4) is 5.75 Å². The topological polar surface area (TPSA) is 70.1 Å². The highest BCUT2D eigenvalue weighted by Gasteiger charge is 2.42. The lowest BCUT2D eigenvalue weighted by molar-refractivity contribution is -0.137. The molecule has 2 amide bonds. The fraction of sp³-hybridized carbons (Fsp3) is 0.579. The highest BCUT2D eigenvalue weighted by Crippen LogP contribution is 2.40. The summed E-state index contributed by atoms with van der Waals surface area (Å²) in [5, 5.41) is 10.2. The molecule has 2 heterocycles. The van der Waals surface area contributed by atoms with Crippen molar-refractivity contribution in [3.05, 3.63) is 29.8 Å². The van der Waals surface area contributed by atoms with E-state index in [1.807, 2.05) is 4.90 Å². The number of aliphatic hydroxyl groups excluding tert-OH is 1. The van der Waals surface area contributed by atoms with Gasteiger partial charge in [0, 0.05) is 38.7 Å². The van der Waals surface area contributed by atoms with Crippen molar-refractivity contribution in [1.29, 1.82) is 0 Å². The van der Waals surface area contributed by atoms with Gasteiger partial charge in [-0.3, -0.25) is 9.59 Å². The molecule has 1 aromatic rings. The quantitative estimate of drug-likeness (QED) is 0.882. The zero-order chi connectivity index (χ0) is 18.0. The van der Waals surface area contributed by atoms with Crippen LogP contribution in [0.25, 0.3) is 0 Å². The first-order valence-corrected chi connectivity index (χ1v) is 8.79. The predicted molar refractivity (Wildman–Crippen MR) is 93.4 cm³/mol. The molecule has 1 N–H and O–H groups in total. The number of hydrogen-bond donors (Lipinski definition) is 1. The number of carbonyl (C=O) groups excluding carboxylic acids is 2. The van der Waals surface area contributed by atoms with Crippen LogP contribution in [-0.2, 0) is 4.79 Å². The van der Waals surface area contributed by atoms with Crippen molar-refractivity contribution in [2.24, 2.45) is 5.41 Å². The fourth-order valence-electron chi connectivity index (χ4n) is 4.06. The number of amides is 2. The molecule has 0 saturated carbocycles. The number of ether oxygens (including phenoxy) is 1. The first kappa shape index (κ1) is 17.7. The van der Waals surface area contributed by atoms with Gasteiger partial charge in [-0.2, -0.15) is 0 Å². The molecule has 2 fully saturated rings. The van der Waals surface area contributed by atoms with E-state index < -0.39 is 6.10 Å². The maximum absolute atomic E-state index is 12.7. The van der Waals surface area contributed by atoms with Gasteiger partial charge >= 0.3 is 0 Å². The monoisotopic (exact) mass is 346 g/mol. The molecule has 2 aliphatic rings. The average Bonchev–Trinajstić information content (AvgIpc) is 2.61. The second-order valence-electron chi connectivity index (χ2n) is 7.28. The van der Waals surface area contributed by atoms with Gasteiger partial charge < -0.3 is 19.6 Å². The maximum Gasteiger partial charge on any atom is 0.253 e. The van der Waals surface area contributed by atoms with Crippen molar-refractivity contribution in [1.82, 2.24) is 9.80 Å². The minimum absolute atomic E-state index is 0.00913. The molecule has 1 spiro atoms. The Morgan fingerprint density at radius 2 is 1.80 bits per heavy atom. The molecular formula is C19H26N2O4. The second kappa shape index (κ2) is 7.04. The first-order chi connectivity index (χ1) is 11.9. The Hall–Kier alpha value is -2.08. The molecule has 0 aliphatic carbocycles.